The molecule has 3 nitrogen and oxygen atoms in total. The predicted octanol–water partition coefficient (Wildman–Crippen LogP) is 2.23. The quantitative estimate of drug-likeness (QED) is 0.698. The van der Waals surface area contributed by atoms with Gasteiger partial charge in [-0.3, -0.25) is 0 Å². The number of anilines is 1. The first-order valence-electron chi connectivity index (χ1n) is 3.90. The normalized spacial score (nSPS) is 10.2. The van der Waals surface area contributed by atoms with Crippen LogP contribution in [-0.2, 0) is 0 Å². The average Bonchev–Trinajstić information content (AvgIpc) is 2.53. The van der Waals surface area contributed by atoms with Crippen LogP contribution in [-0.4, -0.2) is 5.11 Å². The van der Waals surface area contributed by atoms with E-state index in [1.807, 2.05) is 0 Å². The average molecular weight is 175 g/mol. The summed E-state index contributed by atoms with van der Waals surface area (Å²) in [7, 11) is 0. The Morgan fingerprint density at radius 3 is 2.23 bits per heavy atom. The van der Waals surface area contributed by atoms with E-state index in [1.165, 1.54) is 0 Å². The zero-order valence-corrected chi connectivity index (χ0v) is 6.90. The van der Waals surface area contributed by atoms with E-state index in [0.717, 1.165) is 5.56 Å². The Labute approximate surface area is 75.4 Å². The van der Waals surface area contributed by atoms with Crippen molar-refractivity contribution in [3.05, 3.63) is 36.4 Å². The minimum Gasteiger partial charge on any atom is -0.508 e. The summed E-state index contributed by atoms with van der Waals surface area (Å²) in [5.74, 6) is 1.34. The highest BCUT2D eigenvalue weighted by atomic mass is 16.3. The summed E-state index contributed by atoms with van der Waals surface area (Å²) in [5, 5.41) is 9.05. The number of aromatic hydroxyl groups is 1. The van der Waals surface area contributed by atoms with Crippen LogP contribution < -0.4 is 5.73 Å². The summed E-state index contributed by atoms with van der Waals surface area (Å²) in [5.41, 5.74) is 6.33. The molecule has 0 aliphatic carbocycles. The Morgan fingerprint density at radius 2 is 1.69 bits per heavy atom. The van der Waals surface area contributed by atoms with E-state index in [2.05, 4.69) is 0 Å². The molecule has 13 heavy (non-hydrogen) atoms. The lowest BCUT2D eigenvalue weighted by Crippen LogP contribution is -1.76. The van der Waals surface area contributed by atoms with Gasteiger partial charge in [0.05, 0.1) is 0 Å². The van der Waals surface area contributed by atoms with Crippen LogP contribution in [0.25, 0.3) is 11.3 Å². The molecule has 0 fully saturated rings. The second-order valence-electron chi connectivity index (χ2n) is 2.75. The van der Waals surface area contributed by atoms with Crippen molar-refractivity contribution in [2.24, 2.45) is 0 Å². The number of furan rings is 1. The van der Waals surface area contributed by atoms with Crippen molar-refractivity contribution in [3.63, 3.8) is 0 Å². The van der Waals surface area contributed by atoms with Gasteiger partial charge in [0.1, 0.15) is 11.5 Å². The van der Waals surface area contributed by atoms with Gasteiger partial charge in [-0.15, -0.1) is 0 Å². The minimum absolute atomic E-state index is 0.239. The lowest BCUT2D eigenvalue weighted by Gasteiger charge is -1.96. The number of phenolic OH excluding ortho intramolecular Hbond substituents is 1. The summed E-state index contributed by atoms with van der Waals surface area (Å²) >= 11 is 0. The van der Waals surface area contributed by atoms with E-state index >= 15 is 0 Å². The molecule has 1 heterocycles. The maximum absolute atomic E-state index is 9.05. The predicted molar refractivity (Wildman–Crippen MR) is 50.2 cm³/mol. The largest absolute Gasteiger partial charge is 0.508 e. The SMILES string of the molecule is Nc1ccc(-c2ccc(O)cc2)o1. The fraction of sp³-hybridized carbons (Fsp3) is 0. The van der Waals surface area contributed by atoms with Crippen LogP contribution in [0.1, 0.15) is 0 Å². The standard InChI is InChI=1S/C10H9NO2/c11-10-6-5-9(13-10)7-1-3-8(12)4-2-7/h1-6,12H,11H2. The first-order valence-corrected chi connectivity index (χ1v) is 3.90. The van der Waals surface area contributed by atoms with Crippen LogP contribution in [0.4, 0.5) is 5.88 Å². The molecule has 0 unspecified atom stereocenters. The van der Waals surface area contributed by atoms with Crippen molar-refractivity contribution in [2.45, 2.75) is 0 Å². The highest BCUT2D eigenvalue weighted by Crippen LogP contribution is 2.24. The van der Waals surface area contributed by atoms with Crippen molar-refractivity contribution in [1.82, 2.24) is 0 Å². The van der Waals surface area contributed by atoms with Crippen molar-refractivity contribution in [2.75, 3.05) is 5.73 Å². The molecular weight excluding hydrogens is 166 g/mol. The monoisotopic (exact) mass is 175 g/mol. The Bertz CT molecular complexity index is 403. The van der Waals surface area contributed by atoms with Gasteiger partial charge in [-0.25, -0.2) is 0 Å². The number of nitrogens with two attached hydrogens (primary N) is 1. The van der Waals surface area contributed by atoms with E-state index < -0.39 is 0 Å². The first-order chi connectivity index (χ1) is 6.25. The van der Waals surface area contributed by atoms with Crippen LogP contribution in [0.3, 0.4) is 0 Å². The van der Waals surface area contributed by atoms with Gasteiger partial charge < -0.3 is 15.3 Å². The number of benzene rings is 1. The number of nitrogen functional groups attached to an aromatic ring is 1. The number of hydrogen-bond acceptors (Lipinski definition) is 3. The van der Waals surface area contributed by atoms with Gasteiger partial charge in [0.2, 0.25) is 0 Å². The van der Waals surface area contributed by atoms with Gasteiger partial charge >= 0.3 is 0 Å². The summed E-state index contributed by atoms with van der Waals surface area (Å²) in [6.07, 6.45) is 0. The summed E-state index contributed by atoms with van der Waals surface area (Å²) in [6.45, 7) is 0. The zero-order valence-electron chi connectivity index (χ0n) is 6.90. The second kappa shape index (κ2) is 2.86. The van der Waals surface area contributed by atoms with Crippen LogP contribution in [0.2, 0.25) is 0 Å². The molecule has 0 radical (unpaired) electrons. The Balaban J connectivity index is 2.41. The molecule has 0 saturated carbocycles. The summed E-state index contributed by atoms with van der Waals surface area (Å²) in [6, 6.07) is 10.2. The third kappa shape index (κ3) is 1.49. The molecule has 3 N–H and O–H groups in total. The second-order valence-corrected chi connectivity index (χ2v) is 2.75. The maximum Gasteiger partial charge on any atom is 0.190 e. The maximum atomic E-state index is 9.05. The van der Waals surface area contributed by atoms with Gasteiger partial charge in [0.25, 0.3) is 0 Å². The topological polar surface area (TPSA) is 59.4 Å². The molecule has 0 aliphatic rings. The van der Waals surface area contributed by atoms with Gasteiger partial charge in [-0.1, -0.05) is 0 Å². The van der Waals surface area contributed by atoms with Crippen LogP contribution in [0.5, 0.6) is 5.75 Å². The number of rotatable bonds is 1. The molecular formula is C10H9NO2. The molecule has 66 valence electrons. The fourth-order valence-corrected chi connectivity index (χ4v) is 1.13. The van der Waals surface area contributed by atoms with Crippen LogP contribution >= 0.6 is 0 Å². The Morgan fingerprint density at radius 1 is 1.00 bits per heavy atom. The zero-order chi connectivity index (χ0) is 9.26. The molecule has 1 aromatic heterocycles. The first kappa shape index (κ1) is 7.73. The number of phenols is 1. The van der Waals surface area contributed by atoms with E-state index in [1.54, 1.807) is 36.4 Å². The fourth-order valence-electron chi connectivity index (χ4n) is 1.13. The van der Waals surface area contributed by atoms with Gasteiger partial charge in [-0.2, -0.15) is 0 Å². The molecule has 0 spiro atoms. The third-order valence-corrected chi connectivity index (χ3v) is 1.78. The van der Waals surface area contributed by atoms with Gasteiger partial charge in [-0.05, 0) is 30.3 Å². The van der Waals surface area contributed by atoms with Crippen molar-refractivity contribution < 1.29 is 9.52 Å². The Kier molecular flexibility index (Phi) is 1.70. The number of hydrogen-bond donors (Lipinski definition) is 2. The summed E-state index contributed by atoms with van der Waals surface area (Å²) < 4.78 is 5.21. The molecule has 0 atom stereocenters. The lowest BCUT2D eigenvalue weighted by molar-refractivity contribution is 0.475. The van der Waals surface area contributed by atoms with Crippen LogP contribution in [0, 0.1) is 0 Å². The van der Waals surface area contributed by atoms with E-state index in [-0.39, 0.29) is 5.75 Å². The lowest BCUT2D eigenvalue weighted by atomic mass is 10.2. The molecule has 0 aliphatic heterocycles. The van der Waals surface area contributed by atoms with E-state index in [9.17, 15) is 0 Å². The third-order valence-electron chi connectivity index (χ3n) is 1.78. The highest BCUT2D eigenvalue weighted by Gasteiger charge is 2.01. The van der Waals surface area contributed by atoms with Crippen molar-refractivity contribution >= 4 is 5.88 Å². The molecule has 3 heteroatoms. The van der Waals surface area contributed by atoms with Gasteiger partial charge in [0.15, 0.2) is 5.88 Å². The summed E-state index contributed by atoms with van der Waals surface area (Å²) in [4.78, 5) is 0. The van der Waals surface area contributed by atoms with E-state index in [0.29, 0.717) is 11.6 Å². The molecule has 0 saturated heterocycles. The van der Waals surface area contributed by atoms with Crippen LogP contribution in [0.15, 0.2) is 40.8 Å². The van der Waals surface area contributed by atoms with Crippen molar-refractivity contribution in [1.29, 1.82) is 0 Å². The Hall–Kier alpha value is -1.90. The molecule has 1 aromatic carbocycles. The minimum atomic E-state index is 0.239. The van der Waals surface area contributed by atoms with Crippen molar-refractivity contribution in [3.8, 4) is 17.1 Å². The smallest absolute Gasteiger partial charge is 0.190 e. The molecule has 2 aromatic rings. The molecule has 0 bridgehead atoms. The van der Waals surface area contributed by atoms with Gasteiger partial charge in [0, 0.05) is 11.6 Å². The highest BCUT2D eigenvalue weighted by molar-refractivity contribution is 5.60. The molecule has 2 rings (SSSR count). The molecule has 0 amide bonds. The van der Waals surface area contributed by atoms with E-state index in [4.69, 9.17) is 15.3 Å².